The van der Waals surface area contributed by atoms with Gasteiger partial charge < -0.3 is 9.47 Å². The van der Waals surface area contributed by atoms with Gasteiger partial charge in [0.05, 0.1) is 24.7 Å². The summed E-state index contributed by atoms with van der Waals surface area (Å²) in [6, 6.07) is 6.31. The highest BCUT2D eigenvalue weighted by Gasteiger charge is 2.44. The average Bonchev–Trinajstić information content (AvgIpc) is 2.87. The Kier molecular flexibility index (Phi) is 3.77. The molecule has 2 saturated heterocycles. The molecule has 0 saturated carbocycles. The van der Waals surface area contributed by atoms with E-state index in [0.29, 0.717) is 24.8 Å². The van der Waals surface area contributed by atoms with Crippen LogP contribution in [-0.2, 0) is 19.5 Å². The number of nitrogens with zero attached hydrogens (tertiary/aromatic N) is 1. The van der Waals surface area contributed by atoms with Crippen molar-refractivity contribution in [2.24, 2.45) is 0 Å². The molecule has 1 spiro atoms. The molecule has 5 nitrogen and oxygen atoms in total. The zero-order valence-electron chi connectivity index (χ0n) is 10.9. The molecule has 1 aromatic rings. The minimum Gasteiger partial charge on any atom is -0.346 e. The molecule has 0 unspecified atom stereocenters. The lowest BCUT2D eigenvalue weighted by atomic mass is 10.1. The van der Waals surface area contributed by atoms with Crippen molar-refractivity contribution in [3.63, 3.8) is 0 Å². The zero-order valence-corrected chi connectivity index (χ0v) is 12.5. The van der Waals surface area contributed by atoms with Crippen molar-refractivity contribution >= 4 is 21.6 Å². The van der Waals surface area contributed by atoms with Gasteiger partial charge in [0.1, 0.15) is 0 Å². The molecule has 7 heteroatoms. The lowest BCUT2D eigenvalue weighted by Gasteiger charge is -2.37. The van der Waals surface area contributed by atoms with Gasteiger partial charge in [0.2, 0.25) is 10.0 Å². The van der Waals surface area contributed by atoms with Crippen LogP contribution in [0.5, 0.6) is 0 Å². The van der Waals surface area contributed by atoms with Crippen molar-refractivity contribution in [1.29, 1.82) is 0 Å². The molecular weight excluding hydrogens is 302 g/mol. The molecule has 0 atom stereocenters. The predicted octanol–water partition coefficient (Wildman–Crippen LogP) is 1.87. The van der Waals surface area contributed by atoms with Crippen molar-refractivity contribution in [2.75, 3.05) is 26.3 Å². The van der Waals surface area contributed by atoms with E-state index in [1.807, 2.05) is 0 Å². The molecule has 0 radical (unpaired) electrons. The van der Waals surface area contributed by atoms with Gasteiger partial charge in [-0.15, -0.1) is 0 Å². The van der Waals surface area contributed by atoms with E-state index in [4.69, 9.17) is 21.1 Å². The van der Waals surface area contributed by atoms with E-state index in [-0.39, 0.29) is 11.4 Å². The van der Waals surface area contributed by atoms with E-state index in [1.165, 1.54) is 10.4 Å². The maximum atomic E-state index is 12.6. The molecule has 1 aromatic carbocycles. The Hall–Kier alpha value is -0.660. The fourth-order valence-corrected chi connectivity index (χ4v) is 4.48. The fraction of sp³-hybridized carbons (Fsp3) is 0.538. The van der Waals surface area contributed by atoms with Gasteiger partial charge in [-0.2, -0.15) is 4.31 Å². The molecule has 0 aromatic heterocycles. The normalized spacial score (nSPS) is 23.2. The van der Waals surface area contributed by atoms with Crippen molar-refractivity contribution in [2.45, 2.75) is 23.5 Å². The highest BCUT2D eigenvalue weighted by atomic mass is 35.5. The Morgan fingerprint density at radius 1 is 1.25 bits per heavy atom. The van der Waals surface area contributed by atoms with Gasteiger partial charge in [0.15, 0.2) is 5.79 Å². The SMILES string of the molecule is O=S(=O)(c1cccc(Cl)c1)N1CCCC2(C1)OCCO2. The first-order valence-corrected chi connectivity index (χ1v) is 8.37. The molecule has 2 aliphatic rings. The molecule has 0 N–H and O–H groups in total. The van der Waals surface area contributed by atoms with E-state index in [2.05, 4.69) is 0 Å². The van der Waals surface area contributed by atoms with Crippen LogP contribution in [0, 0.1) is 0 Å². The number of halogens is 1. The maximum absolute atomic E-state index is 12.6. The van der Waals surface area contributed by atoms with Crippen LogP contribution in [-0.4, -0.2) is 44.8 Å². The third-order valence-corrected chi connectivity index (χ3v) is 5.71. The van der Waals surface area contributed by atoms with E-state index in [1.54, 1.807) is 18.2 Å². The first-order chi connectivity index (χ1) is 9.52. The minimum absolute atomic E-state index is 0.208. The number of rotatable bonds is 2. The quantitative estimate of drug-likeness (QED) is 0.835. The smallest absolute Gasteiger partial charge is 0.243 e. The summed E-state index contributed by atoms with van der Waals surface area (Å²) < 4.78 is 37.9. The standard InChI is InChI=1S/C13H16ClNO4S/c14-11-3-1-4-12(9-11)20(16,17)15-6-2-5-13(10-15)18-7-8-19-13/h1,3-4,9H,2,5-8,10H2. The summed E-state index contributed by atoms with van der Waals surface area (Å²) in [5.41, 5.74) is 0. The second kappa shape index (κ2) is 5.27. The number of sulfonamides is 1. The molecule has 0 amide bonds. The van der Waals surface area contributed by atoms with Crippen molar-refractivity contribution in [1.82, 2.24) is 4.31 Å². The summed E-state index contributed by atoms with van der Waals surface area (Å²) in [7, 11) is -3.56. The molecule has 110 valence electrons. The molecule has 0 bridgehead atoms. The largest absolute Gasteiger partial charge is 0.346 e. The van der Waals surface area contributed by atoms with Crippen LogP contribution in [0.3, 0.4) is 0 Å². The third kappa shape index (κ3) is 2.58. The van der Waals surface area contributed by atoms with Gasteiger partial charge in [-0.1, -0.05) is 17.7 Å². The van der Waals surface area contributed by atoms with Crippen LogP contribution in [0.2, 0.25) is 5.02 Å². The van der Waals surface area contributed by atoms with Crippen LogP contribution in [0.4, 0.5) is 0 Å². The van der Waals surface area contributed by atoms with E-state index in [0.717, 1.165) is 12.8 Å². The Labute approximate surface area is 123 Å². The molecule has 0 aliphatic carbocycles. The molecule has 2 aliphatic heterocycles. The van der Waals surface area contributed by atoms with Crippen LogP contribution in [0.25, 0.3) is 0 Å². The second-order valence-corrected chi connectivity index (χ2v) is 7.38. The van der Waals surface area contributed by atoms with E-state index < -0.39 is 15.8 Å². The Morgan fingerprint density at radius 2 is 2.00 bits per heavy atom. The van der Waals surface area contributed by atoms with Crippen molar-refractivity contribution in [3.05, 3.63) is 29.3 Å². The van der Waals surface area contributed by atoms with Gasteiger partial charge in [-0.3, -0.25) is 0 Å². The Bertz CT molecular complexity index is 598. The summed E-state index contributed by atoms with van der Waals surface area (Å²) in [6.45, 7) is 1.75. The molecule has 3 rings (SSSR count). The number of hydrogen-bond donors (Lipinski definition) is 0. The molecule has 2 fully saturated rings. The van der Waals surface area contributed by atoms with Crippen LogP contribution in [0.15, 0.2) is 29.2 Å². The highest BCUT2D eigenvalue weighted by Crippen LogP contribution is 2.33. The first-order valence-electron chi connectivity index (χ1n) is 6.56. The Balaban J connectivity index is 1.87. The topological polar surface area (TPSA) is 55.8 Å². The van der Waals surface area contributed by atoms with Crippen molar-refractivity contribution in [3.8, 4) is 0 Å². The van der Waals surface area contributed by atoms with Gasteiger partial charge >= 0.3 is 0 Å². The molecule has 20 heavy (non-hydrogen) atoms. The lowest BCUT2D eigenvalue weighted by molar-refractivity contribution is -0.179. The van der Waals surface area contributed by atoms with Gasteiger partial charge in [0, 0.05) is 18.0 Å². The van der Waals surface area contributed by atoms with E-state index in [9.17, 15) is 8.42 Å². The van der Waals surface area contributed by atoms with Gasteiger partial charge in [-0.05, 0) is 24.6 Å². The summed E-state index contributed by atoms with van der Waals surface area (Å²) in [5.74, 6) is -0.760. The highest BCUT2D eigenvalue weighted by molar-refractivity contribution is 7.89. The number of hydrogen-bond acceptors (Lipinski definition) is 4. The number of ether oxygens (including phenoxy) is 2. The zero-order chi connectivity index (χ0) is 14.2. The van der Waals surface area contributed by atoms with Crippen LogP contribution in [0.1, 0.15) is 12.8 Å². The maximum Gasteiger partial charge on any atom is 0.243 e. The summed E-state index contributed by atoms with van der Waals surface area (Å²) in [6.07, 6.45) is 1.45. The van der Waals surface area contributed by atoms with Crippen LogP contribution >= 0.6 is 11.6 Å². The predicted molar refractivity (Wildman–Crippen MR) is 74.1 cm³/mol. The second-order valence-electron chi connectivity index (χ2n) is 5.01. The summed E-state index contributed by atoms with van der Waals surface area (Å²) in [5, 5.41) is 0.408. The third-order valence-electron chi connectivity index (χ3n) is 3.63. The first kappa shape index (κ1) is 14.3. The van der Waals surface area contributed by atoms with Crippen molar-refractivity contribution < 1.29 is 17.9 Å². The number of piperidine rings is 1. The fourth-order valence-electron chi connectivity index (χ4n) is 2.67. The minimum atomic E-state index is -3.56. The van der Waals surface area contributed by atoms with Crippen LogP contribution < -0.4 is 0 Å². The molecular formula is C13H16ClNO4S. The van der Waals surface area contributed by atoms with Gasteiger partial charge in [-0.25, -0.2) is 8.42 Å². The summed E-state index contributed by atoms with van der Waals surface area (Å²) in [4.78, 5) is 0.208. The number of benzene rings is 1. The van der Waals surface area contributed by atoms with Gasteiger partial charge in [0.25, 0.3) is 0 Å². The lowest BCUT2D eigenvalue weighted by Crippen LogP contribution is -2.50. The summed E-state index contributed by atoms with van der Waals surface area (Å²) >= 11 is 5.88. The Morgan fingerprint density at radius 3 is 2.70 bits per heavy atom. The average molecular weight is 318 g/mol. The van der Waals surface area contributed by atoms with E-state index >= 15 is 0 Å². The monoisotopic (exact) mass is 317 g/mol. The molecule has 2 heterocycles.